The summed E-state index contributed by atoms with van der Waals surface area (Å²) in [5.74, 6) is 0.792. The summed E-state index contributed by atoms with van der Waals surface area (Å²) < 4.78 is 29.4. The van der Waals surface area contributed by atoms with Crippen LogP contribution in [0.3, 0.4) is 0 Å². The predicted octanol–water partition coefficient (Wildman–Crippen LogP) is 2.71. The lowest BCUT2D eigenvalue weighted by atomic mass is 9.95. The third-order valence-corrected chi connectivity index (χ3v) is 6.41. The first-order valence-corrected chi connectivity index (χ1v) is 11.7. The fraction of sp³-hybridized carbons (Fsp3) is 0.318. The number of benzene rings is 1. The van der Waals surface area contributed by atoms with Crippen molar-refractivity contribution in [2.45, 2.75) is 31.1 Å². The molecule has 162 valence electrons. The molecule has 0 saturated carbocycles. The van der Waals surface area contributed by atoms with Gasteiger partial charge in [0.1, 0.15) is 11.5 Å². The van der Waals surface area contributed by atoms with E-state index in [1.807, 2.05) is 19.1 Å². The molecule has 31 heavy (non-hydrogen) atoms. The second-order valence-electron chi connectivity index (χ2n) is 7.81. The number of rotatable bonds is 6. The number of nitrogens with two attached hydrogens (primary N) is 2. The van der Waals surface area contributed by atoms with Crippen LogP contribution in [0.25, 0.3) is 22.5 Å². The Balaban J connectivity index is 1.78. The highest BCUT2D eigenvalue weighted by Crippen LogP contribution is 2.31. The Morgan fingerprint density at radius 1 is 1.19 bits per heavy atom. The highest BCUT2D eigenvalue weighted by molar-refractivity contribution is 7.89. The van der Waals surface area contributed by atoms with E-state index in [0.717, 1.165) is 49.3 Å². The molecule has 0 aliphatic carbocycles. The maximum absolute atomic E-state index is 12.0. The molecule has 1 atom stereocenters. The fourth-order valence-corrected chi connectivity index (χ4v) is 4.33. The fourth-order valence-electron chi connectivity index (χ4n) is 3.79. The van der Waals surface area contributed by atoms with Crippen molar-refractivity contribution < 1.29 is 13.2 Å². The Morgan fingerprint density at radius 3 is 2.74 bits per heavy atom. The molecule has 1 aliphatic heterocycles. The average Bonchev–Trinajstić information content (AvgIpc) is 3.25. The Bertz CT molecular complexity index is 1210. The third-order valence-electron chi connectivity index (χ3n) is 5.50. The lowest BCUT2D eigenvalue weighted by Gasteiger charge is -2.14. The summed E-state index contributed by atoms with van der Waals surface area (Å²) in [6, 6.07) is 8.61. The number of aromatic nitrogens is 3. The summed E-state index contributed by atoms with van der Waals surface area (Å²) in [6.45, 7) is 3.44. The molecule has 0 radical (unpaired) electrons. The summed E-state index contributed by atoms with van der Waals surface area (Å²) in [5, 5.41) is 5.38. The molecular formula is C22H25N5O3S. The largest absolute Gasteiger partial charge is 0.382 e. The van der Waals surface area contributed by atoms with Gasteiger partial charge >= 0.3 is 0 Å². The van der Waals surface area contributed by atoms with E-state index in [9.17, 15) is 8.42 Å². The predicted molar refractivity (Wildman–Crippen MR) is 118 cm³/mol. The second-order valence-corrected chi connectivity index (χ2v) is 9.37. The number of nitrogen functional groups attached to an aromatic ring is 1. The lowest BCUT2D eigenvalue weighted by Crippen LogP contribution is -2.13. The SMILES string of the molecule is Cc1cc(-c2nc(-c3cc(S(N)(=O)=O)ccc3CCC3CCOC3)cnc2N)ccn1. The number of nitrogens with zero attached hydrogens (tertiary/aromatic N) is 3. The molecule has 0 spiro atoms. The van der Waals surface area contributed by atoms with Gasteiger partial charge in [-0.25, -0.2) is 23.5 Å². The molecule has 9 heteroatoms. The van der Waals surface area contributed by atoms with Crippen molar-refractivity contribution in [2.75, 3.05) is 18.9 Å². The van der Waals surface area contributed by atoms with Crippen molar-refractivity contribution in [3.63, 3.8) is 0 Å². The summed E-state index contributed by atoms with van der Waals surface area (Å²) in [6.07, 6.45) is 6.01. The molecule has 3 heterocycles. The first kappa shape index (κ1) is 21.4. The van der Waals surface area contributed by atoms with Crippen LogP contribution in [0.2, 0.25) is 0 Å². The van der Waals surface area contributed by atoms with Crippen molar-refractivity contribution in [3.05, 3.63) is 54.0 Å². The first-order chi connectivity index (χ1) is 14.8. The lowest BCUT2D eigenvalue weighted by molar-refractivity contribution is 0.184. The van der Waals surface area contributed by atoms with Crippen LogP contribution in [0, 0.1) is 12.8 Å². The van der Waals surface area contributed by atoms with Crippen LogP contribution in [0.15, 0.2) is 47.6 Å². The highest BCUT2D eigenvalue weighted by atomic mass is 32.2. The van der Waals surface area contributed by atoms with Gasteiger partial charge in [0.25, 0.3) is 0 Å². The molecule has 1 unspecified atom stereocenters. The van der Waals surface area contributed by atoms with E-state index in [1.54, 1.807) is 24.5 Å². The molecule has 3 aromatic rings. The van der Waals surface area contributed by atoms with Gasteiger partial charge in [-0.3, -0.25) is 4.98 Å². The smallest absolute Gasteiger partial charge is 0.238 e. The zero-order valence-corrected chi connectivity index (χ0v) is 18.1. The van der Waals surface area contributed by atoms with Gasteiger partial charge in [0.15, 0.2) is 0 Å². The molecule has 4 rings (SSSR count). The summed E-state index contributed by atoms with van der Waals surface area (Å²) in [4.78, 5) is 13.3. The van der Waals surface area contributed by atoms with Crippen LogP contribution in [0.4, 0.5) is 5.82 Å². The van der Waals surface area contributed by atoms with Gasteiger partial charge in [0, 0.05) is 36.2 Å². The third kappa shape index (κ3) is 4.90. The van der Waals surface area contributed by atoms with E-state index in [-0.39, 0.29) is 4.90 Å². The van der Waals surface area contributed by atoms with E-state index in [2.05, 4.69) is 9.97 Å². The Morgan fingerprint density at radius 2 is 2.03 bits per heavy atom. The van der Waals surface area contributed by atoms with Crippen molar-refractivity contribution in [1.29, 1.82) is 0 Å². The number of anilines is 1. The van der Waals surface area contributed by atoms with E-state index in [1.165, 1.54) is 6.07 Å². The van der Waals surface area contributed by atoms with E-state index >= 15 is 0 Å². The van der Waals surface area contributed by atoms with Gasteiger partial charge in [-0.05, 0) is 61.9 Å². The Labute approximate surface area is 181 Å². The van der Waals surface area contributed by atoms with Crippen LogP contribution in [0.1, 0.15) is 24.1 Å². The van der Waals surface area contributed by atoms with Gasteiger partial charge in [-0.15, -0.1) is 0 Å². The first-order valence-electron chi connectivity index (χ1n) is 10.1. The standard InChI is InChI=1S/C22H25N5O3S/c1-14-10-17(6-8-25-14)21-22(23)26-12-20(27-21)19-11-18(31(24,28)29)5-4-16(19)3-2-15-7-9-30-13-15/h4-6,8,10-12,15H,2-3,7,9,13H2,1H3,(H2,23,26)(H2,24,28,29). The minimum Gasteiger partial charge on any atom is -0.382 e. The summed E-state index contributed by atoms with van der Waals surface area (Å²) in [5.41, 5.74) is 10.5. The molecule has 4 N–H and O–H groups in total. The van der Waals surface area contributed by atoms with Crippen molar-refractivity contribution in [2.24, 2.45) is 11.1 Å². The number of hydrogen-bond donors (Lipinski definition) is 2. The average molecular weight is 440 g/mol. The highest BCUT2D eigenvalue weighted by Gasteiger charge is 2.19. The van der Waals surface area contributed by atoms with E-state index in [0.29, 0.717) is 28.7 Å². The maximum atomic E-state index is 12.0. The topological polar surface area (TPSA) is 134 Å². The minimum atomic E-state index is -3.86. The van der Waals surface area contributed by atoms with E-state index < -0.39 is 10.0 Å². The van der Waals surface area contributed by atoms with Crippen molar-refractivity contribution in [3.8, 4) is 22.5 Å². The van der Waals surface area contributed by atoms with Crippen molar-refractivity contribution in [1.82, 2.24) is 15.0 Å². The number of ether oxygens (including phenoxy) is 1. The van der Waals surface area contributed by atoms with Gasteiger partial charge in [-0.2, -0.15) is 0 Å². The molecule has 1 fully saturated rings. The Hall–Kier alpha value is -2.88. The number of aryl methyl sites for hydroxylation is 2. The number of hydrogen-bond acceptors (Lipinski definition) is 7. The van der Waals surface area contributed by atoms with Crippen LogP contribution >= 0.6 is 0 Å². The van der Waals surface area contributed by atoms with Gasteiger partial charge < -0.3 is 10.5 Å². The monoisotopic (exact) mass is 439 g/mol. The quantitative estimate of drug-likeness (QED) is 0.603. The molecule has 8 nitrogen and oxygen atoms in total. The van der Waals surface area contributed by atoms with Crippen LogP contribution < -0.4 is 10.9 Å². The second kappa shape index (κ2) is 8.70. The molecule has 1 aliphatic rings. The zero-order chi connectivity index (χ0) is 22.0. The molecule has 1 saturated heterocycles. The zero-order valence-electron chi connectivity index (χ0n) is 17.3. The minimum absolute atomic E-state index is 0.0374. The molecule has 0 amide bonds. The van der Waals surface area contributed by atoms with Crippen LogP contribution in [-0.4, -0.2) is 36.6 Å². The van der Waals surface area contributed by atoms with Gasteiger partial charge in [-0.1, -0.05) is 6.07 Å². The molecule has 2 aromatic heterocycles. The number of sulfonamides is 1. The van der Waals surface area contributed by atoms with Gasteiger partial charge in [0.05, 0.1) is 16.8 Å². The van der Waals surface area contributed by atoms with Crippen LogP contribution in [0.5, 0.6) is 0 Å². The van der Waals surface area contributed by atoms with Crippen LogP contribution in [-0.2, 0) is 21.2 Å². The molecule has 1 aromatic carbocycles. The molecule has 0 bridgehead atoms. The maximum Gasteiger partial charge on any atom is 0.238 e. The Kier molecular flexibility index (Phi) is 5.99. The number of pyridine rings is 1. The molecular weight excluding hydrogens is 414 g/mol. The van der Waals surface area contributed by atoms with Gasteiger partial charge in [0.2, 0.25) is 10.0 Å². The number of primary sulfonamides is 1. The van der Waals surface area contributed by atoms with Crippen molar-refractivity contribution >= 4 is 15.8 Å². The normalized spacial score (nSPS) is 16.5. The summed E-state index contributed by atoms with van der Waals surface area (Å²) >= 11 is 0. The summed E-state index contributed by atoms with van der Waals surface area (Å²) in [7, 11) is -3.86. The van der Waals surface area contributed by atoms with E-state index in [4.69, 9.17) is 20.6 Å².